The van der Waals surface area contributed by atoms with Gasteiger partial charge in [-0.3, -0.25) is 4.79 Å². The molecule has 0 saturated carbocycles. The molecule has 0 aliphatic rings. The molecule has 0 spiro atoms. The van der Waals surface area contributed by atoms with Crippen molar-refractivity contribution in [1.29, 1.82) is 5.26 Å². The maximum absolute atomic E-state index is 12.3. The van der Waals surface area contributed by atoms with E-state index in [1.165, 1.54) is 0 Å². The van der Waals surface area contributed by atoms with Crippen molar-refractivity contribution in [3.05, 3.63) is 35.4 Å². The van der Waals surface area contributed by atoms with Gasteiger partial charge in [0.15, 0.2) is 0 Å². The quantitative estimate of drug-likeness (QED) is 0.750. The van der Waals surface area contributed by atoms with Crippen LogP contribution in [0.25, 0.3) is 0 Å². The van der Waals surface area contributed by atoms with Crippen LogP contribution in [0.1, 0.15) is 24.2 Å². The van der Waals surface area contributed by atoms with Gasteiger partial charge in [-0.2, -0.15) is 18.4 Å². The molecular weight excluding hydrogens is 235 g/mol. The number of hydrogen-bond acceptors (Lipinski definition) is 3. The SMILES string of the molecule is CC(=O)OC(C#N)c1ccc(C(F)(F)F)cc1. The van der Waals surface area contributed by atoms with Crippen LogP contribution in [-0.2, 0) is 15.7 Å². The van der Waals surface area contributed by atoms with Gasteiger partial charge in [-0.25, -0.2) is 0 Å². The summed E-state index contributed by atoms with van der Waals surface area (Å²) in [6.45, 7) is 1.12. The van der Waals surface area contributed by atoms with Crippen LogP contribution in [0.2, 0.25) is 0 Å². The molecule has 6 heteroatoms. The van der Waals surface area contributed by atoms with E-state index in [4.69, 9.17) is 5.26 Å². The molecule has 3 nitrogen and oxygen atoms in total. The predicted octanol–water partition coefficient (Wildman–Crippen LogP) is 2.83. The summed E-state index contributed by atoms with van der Waals surface area (Å²) in [4.78, 5) is 10.7. The van der Waals surface area contributed by atoms with Gasteiger partial charge in [0.25, 0.3) is 0 Å². The van der Waals surface area contributed by atoms with Crippen molar-refractivity contribution in [3.63, 3.8) is 0 Å². The van der Waals surface area contributed by atoms with Crippen LogP contribution >= 0.6 is 0 Å². The van der Waals surface area contributed by atoms with E-state index in [0.717, 1.165) is 31.2 Å². The monoisotopic (exact) mass is 243 g/mol. The van der Waals surface area contributed by atoms with Gasteiger partial charge in [0.2, 0.25) is 6.10 Å². The van der Waals surface area contributed by atoms with Crippen LogP contribution in [0.4, 0.5) is 13.2 Å². The molecule has 0 saturated heterocycles. The number of hydrogen-bond donors (Lipinski definition) is 0. The Hall–Kier alpha value is -2.03. The zero-order chi connectivity index (χ0) is 13.1. The molecule has 0 aliphatic carbocycles. The lowest BCUT2D eigenvalue weighted by atomic mass is 10.1. The molecule has 1 aromatic carbocycles. The van der Waals surface area contributed by atoms with E-state index in [2.05, 4.69) is 4.74 Å². The molecule has 0 fully saturated rings. The zero-order valence-corrected chi connectivity index (χ0v) is 8.78. The minimum Gasteiger partial charge on any atom is -0.442 e. The van der Waals surface area contributed by atoms with E-state index < -0.39 is 23.8 Å². The first-order chi connectivity index (χ1) is 7.84. The largest absolute Gasteiger partial charge is 0.442 e. The lowest BCUT2D eigenvalue weighted by Crippen LogP contribution is -2.08. The smallest absolute Gasteiger partial charge is 0.416 e. The van der Waals surface area contributed by atoms with Crippen molar-refractivity contribution in [2.24, 2.45) is 0 Å². The fourth-order valence-corrected chi connectivity index (χ4v) is 1.18. The van der Waals surface area contributed by atoms with E-state index in [-0.39, 0.29) is 5.56 Å². The normalized spacial score (nSPS) is 12.6. The summed E-state index contributed by atoms with van der Waals surface area (Å²) in [5.74, 6) is -0.670. The Balaban J connectivity index is 2.94. The lowest BCUT2D eigenvalue weighted by Gasteiger charge is -2.11. The average Bonchev–Trinajstić information content (AvgIpc) is 2.24. The maximum Gasteiger partial charge on any atom is 0.416 e. The fraction of sp³-hybridized carbons (Fsp3) is 0.273. The first-order valence-corrected chi connectivity index (χ1v) is 4.58. The minimum atomic E-state index is -4.43. The predicted molar refractivity (Wildman–Crippen MR) is 51.6 cm³/mol. The van der Waals surface area contributed by atoms with Crippen LogP contribution in [0, 0.1) is 11.3 Å². The molecule has 0 heterocycles. The standard InChI is InChI=1S/C11H8F3NO2/c1-7(16)17-10(6-15)8-2-4-9(5-3-8)11(12,13)14/h2-5,10H,1H3. The summed E-state index contributed by atoms with van der Waals surface area (Å²) >= 11 is 0. The third-order valence-electron chi connectivity index (χ3n) is 1.94. The number of alkyl halides is 3. The van der Waals surface area contributed by atoms with E-state index in [0.29, 0.717) is 0 Å². The van der Waals surface area contributed by atoms with Gasteiger partial charge >= 0.3 is 12.1 Å². The Morgan fingerprint density at radius 3 is 2.24 bits per heavy atom. The summed E-state index contributed by atoms with van der Waals surface area (Å²) in [6, 6.07) is 5.58. The van der Waals surface area contributed by atoms with Crippen LogP contribution < -0.4 is 0 Å². The third kappa shape index (κ3) is 3.48. The second-order valence-electron chi connectivity index (χ2n) is 3.24. The maximum atomic E-state index is 12.3. The van der Waals surface area contributed by atoms with E-state index in [1.54, 1.807) is 6.07 Å². The molecule has 0 bridgehead atoms. The van der Waals surface area contributed by atoms with Crippen molar-refractivity contribution in [2.45, 2.75) is 19.2 Å². The van der Waals surface area contributed by atoms with Gasteiger partial charge in [-0.1, -0.05) is 12.1 Å². The summed E-state index contributed by atoms with van der Waals surface area (Å²) < 4.78 is 41.4. The molecule has 1 aromatic rings. The number of carbonyl (C=O) groups is 1. The Morgan fingerprint density at radius 2 is 1.88 bits per heavy atom. The minimum absolute atomic E-state index is 0.204. The molecule has 0 amide bonds. The van der Waals surface area contributed by atoms with Crippen molar-refractivity contribution < 1.29 is 22.7 Å². The van der Waals surface area contributed by atoms with Crippen LogP contribution in [-0.4, -0.2) is 5.97 Å². The van der Waals surface area contributed by atoms with Crippen molar-refractivity contribution in [2.75, 3.05) is 0 Å². The topological polar surface area (TPSA) is 50.1 Å². The van der Waals surface area contributed by atoms with Crippen molar-refractivity contribution in [3.8, 4) is 6.07 Å². The highest BCUT2D eigenvalue weighted by atomic mass is 19.4. The molecule has 90 valence electrons. The number of carbonyl (C=O) groups excluding carboxylic acids is 1. The second kappa shape index (κ2) is 4.87. The Kier molecular flexibility index (Phi) is 3.73. The van der Waals surface area contributed by atoms with Crippen LogP contribution in [0.5, 0.6) is 0 Å². The molecule has 1 unspecified atom stereocenters. The van der Waals surface area contributed by atoms with Gasteiger partial charge in [0, 0.05) is 12.5 Å². The highest BCUT2D eigenvalue weighted by molar-refractivity contribution is 5.66. The van der Waals surface area contributed by atoms with Crippen LogP contribution in [0.3, 0.4) is 0 Å². The molecule has 17 heavy (non-hydrogen) atoms. The van der Waals surface area contributed by atoms with E-state index >= 15 is 0 Å². The molecule has 1 rings (SSSR count). The molecule has 0 N–H and O–H groups in total. The zero-order valence-electron chi connectivity index (χ0n) is 8.78. The third-order valence-corrected chi connectivity index (χ3v) is 1.94. The van der Waals surface area contributed by atoms with E-state index in [9.17, 15) is 18.0 Å². The van der Waals surface area contributed by atoms with Gasteiger partial charge in [0.05, 0.1) is 5.56 Å². The summed E-state index contributed by atoms with van der Waals surface area (Å²) in [5.41, 5.74) is -0.614. The number of nitrogens with zero attached hydrogens (tertiary/aromatic N) is 1. The summed E-state index contributed by atoms with van der Waals surface area (Å²) in [7, 11) is 0. The number of benzene rings is 1. The van der Waals surface area contributed by atoms with Gasteiger partial charge in [0.1, 0.15) is 6.07 Å². The van der Waals surface area contributed by atoms with Gasteiger partial charge in [-0.05, 0) is 12.1 Å². The first-order valence-electron chi connectivity index (χ1n) is 4.58. The fourth-order valence-electron chi connectivity index (χ4n) is 1.18. The molecule has 0 aromatic heterocycles. The Morgan fingerprint density at radius 1 is 1.35 bits per heavy atom. The van der Waals surface area contributed by atoms with Crippen molar-refractivity contribution in [1.82, 2.24) is 0 Å². The Labute approximate surface area is 95.4 Å². The van der Waals surface area contributed by atoms with E-state index in [1.807, 2.05) is 0 Å². The second-order valence-corrected chi connectivity index (χ2v) is 3.24. The van der Waals surface area contributed by atoms with Gasteiger partial charge < -0.3 is 4.74 Å². The highest BCUT2D eigenvalue weighted by Gasteiger charge is 2.30. The highest BCUT2D eigenvalue weighted by Crippen LogP contribution is 2.30. The number of nitriles is 1. The summed E-state index contributed by atoms with van der Waals surface area (Å²) in [6.07, 6.45) is -5.61. The molecule has 1 atom stereocenters. The molecular formula is C11H8F3NO2. The van der Waals surface area contributed by atoms with Gasteiger partial charge in [-0.15, -0.1) is 0 Å². The summed E-state index contributed by atoms with van der Waals surface area (Å²) in [5, 5.41) is 8.71. The molecule has 0 aliphatic heterocycles. The number of rotatable bonds is 2. The van der Waals surface area contributed by atoms with Crippen LogP contribution in [0.15, 0.2) is 24.3 Å². The number of ether oxygens (including phenoxy) is 1. The Bertz CT molecular complexity index is 445. The number of esters is 1. The lowest BCUT2D eigenvalue weighted by molar-refractivity contribution is -0.144. The number of halogens is 3. The first kappa shape index (κ1) is 13.0. The molecule has 0 radical (unpaired) electrons. The average molecular weight is 243 g/mol. The van der Waals surface area contributed by atoms with Crippen molar-refractivity contribution >= 4 is 5.97 Å².